The standard InChI is InChI=1S/C25H15NO6/c26-22-19(11-5-15-1-7-17(8-2-15)23(27)28)13-21(25(31)32)14-20(22)12-6-16-3-9-18(10-4-16)24(29)30/h1-4,7-10,13-14H,26H2,(H,27,28)(H,29,30)(H,31,32). The Hall–Kier alpha value is -5.01. The van der Waals surface area contributed by atoms with Crippen molar-refractivity contribution in [1.29, 1.82) is 0 Å². The van der Waals surface area contributed by atoms with Crippen molar-refractivity contribution in [2.75, 3.05) is 5.73 Å². The van der Waals surface area contributed by atoms with E-state index in [2.05, 4.69) is 23.7 Å². The Bertz CT molecular complexity index is 1250. The van der Waals surface area contributed by atoms with Crippen LogP contribution in [0.3, 0.4) is 0 Å². The van der Waals surface area contributed by atoms with Gasteiger partial charge in [-0.3, -0.25) is 0 Å². The molecule has 156 valence electrons. The Kier molecular flexibility index (Phi) is 6.24. The van der Waals surface area contributed by atoms with Gasteiger partial charge in [0.1, 0.15) is 0 Å². The highest BCUT2D eigenvalue weighted by molar-refractivity contribution is 5.91. The Balaban J connectivity index is 1.98. The third-order valence-electron chi connectivity index (χ3n) is 4.37. The van der Waals surface area contributed by atoms with E-state index in [4.69, 9.17) is 15.9 Å². The van der Waals surface area contributed by atoms with Gasteiger partial charge in [-0.15, -0.1) is 0 Å². The normalized spacial score (nSPS) is 9.62. The Morgan fingerprint density at radius 3 is 1.22 bits per heavy atom. The van der Waals surface area contributed by atoms with Gasteiger partial charge in [-0.2, -0.15) is 0 Å². The van der Waals surface area contributed by atoms with Crippen LogP contribution in [0.4, 0.5) is 5.69 Å². The average molecular weight is 425 g/mol. The molecule has 0 aliphatic heterocycles. The predicted octanol–water partition coefficient (Wildman–Crippen LogP) is 3.16. The van der Waals surface area contributed by atoms with Crippen molar-refractivity contribution in [1.82, 2.24) is 0 Å². The maximum Gasteiger partial charge on any atom is 0.335 e. The molecule has 3 aromatic rings. The summed E-state index contributed by atoms with van der Waals surface area (Å²) in [7, 11) is 0. The Morgan fingerprint density at radius 2 is 0.906 bits per heavy atom. The lowest BCUT2D eigenvalue weighted by Crippen LogP contribution is -2.02. The molecule has 0 aromatic heterocycles. The molecule has 0 atom stereocenters. The van der Waals surface area contributed by atoms with Gasteiger partial charge >= 0.3 is 17.9 Å². The number of carboxylic acid groups (broad SMARTS) is 3. The van der Waals surface area contributed by atoms with Gasteiger partial charge in [0.2, 0.25) is 0 Å². The van der Waals surface area contributed by atoms with E-state index in [-0.39, 0.29) is 33.5 Å². The summed E-state index contributed by atoms with van der Waals surface area (Å²) in [6, 6.07) is 14.5. The highest BCUT2D eigenvalue weighted by Crippen LogP contribution is 2.20. The fourth-order valence-corrected chi connectivity index (χ4v) is 2.65. The minimum absolute atomic E-state index is 0.0461. The summed E-state index contributed by atoms with van der Waals surface area (Å²) in [5.74, 6) is 8.01. The zero-order valence-corrected chi connectivity index (χ0v) is 16.4. The molecule has 3 aromatic carbocycles. The molecular weight excluding hydrogens is 410 g/mol. The van der Waals surface area contributed by atoms with Gasteiger partial charge in [0.15, 0.2) is 0 Å². The molecule has 0 bridgehead atoms. The molecule has 0 aliphatic carbocycles. The first-order valence-electron chi connectivity index (χ1n) is 9.12. The Labute approximate surface area is 182 Å². The number of rotatable bonds is 3. The van der Waals surface area contributed by atoms with Crippen molar-refractivity contribution in [2.45, 2.75) is 0 Å². The van der Waals surface area contributed by atoms with E-state index in [1.165, 1.54) is 60.7 Å². The number of nitrogens with two attached hydrogens (primary N) is 1. The number of carbonyl (C=O) groups is 3. The largest absolute Gasteiger partial charge is 0.478 e. The lowest BCUT2D eigenvalue weighted by molar-refractivity contribution is 0.0686. The van der Waals surface area contributed by atoms with E-state index in [1.54, 1.807) is 0 Å². The van der Waals surface area contributed by atoms with Gasteiger partial charge in [0, 0.05) is 22.3 Å². The summed E-state index contributed by atoms with van der Waals surface area (Å²) in [4.78, 5) is 33.4. The summed E-state index contributed by atoms with van der Waals surface area (Å²) < 4.78 is 0. The van der Waals surface area contributed by atoms with Gasteiger partial charge in [-0.1, -0.05) is 23.7 Å². The van der Waals surface area contributed by atoms with E-state index in [1.807, 2.05) is 0 Å². The summed E-state index contributed by atoms with van der Waals surface area (Å²) in [5, 5.41) is 27.3. The quantitative estimate of drug-likeness (QED) is 0.373. The maximum absolute atomic E-state index is 11.5. The third kappa shape index (κ3) is 5.12. The molecule has 3 rings (SSSR count). The molecule has 0 saturated heterocycles. The van der Waals surface area contributed by atoms with Crippen LogP contribution in [0.15, 0.2) is 60.7 Å². The predicted molar refractivity (Wildman–Crippen MR) is 117 cm³/mol. The van der Waals surface area contributed by atoms with Gasteiger partial charge in [0.25, 0.3) is 0 Å². The lowest BCUT2D eigenvalue weighted by Gasteiger charge is -2.05. The van der Waals surface area contributed by atoms with E-state index in [0.717, 1.165) is 0 Å². The minimum Gasteiger partial charge on any atom is -0.478 e. The SMILES string of the molecule is Nc1c(C#Cc2ccc(C(=O)O)cc2)cc(C(=O)O)cc1C#Cc1ccc(C(=O)O)cc1. The molecule has 5 N–H and O–H groups in total. The fourth-order valence-electron chi connectivity index (χ4n) is 2.65. The second-order valence-electron chi connectivity index (χ2n) is 6.56. The van der Waals surface area contributed by atoms with Crippen LogP contribution < -0.4 is 5.73 Å². The molecular formula is C25H15NO6. The number of hydrogen-bond acceptors (Lipinski definition) is 4. The molecule has 7 heteroatoms. The first kappa shape index (κ1) is 21.7. The first-order chi connectivity index (χ1) is 15.2. The van der Waals surface area contributed by atoms with Crippen molar-refractivity contribution < 1.29 is 29.7 Å². The van der Waals surface area contributed by atoms with Gasteiger partial charge in [-0.25, -0.2) is 14.4 Å². The molecule has 0 saturated carbocycles. The number of anilines is 1. The highest BCUT2D eigenvalue weighted by atomic mass is 16.4. The van der Waals surface area contributed by atoms with Crippen LogP contribution in [0.5, 0.6) is 0 Å². The van der Waals surface area contributed by atoms with E-state index in [0.29, 0.717) is 11.1 Å². The van der Waals surface area contributed by atoms with Crippen LogP contribution in [0.1, 0.15) is 53.3 Å². The highest BCUT2D eigenvalue weighted by Gasteiger charge is 2.10. The van der Waals surface area contributed by atoms with Gasteiger partial charge < -0.3 is 21.1 Å². The van der Waals surface area contributed by atoms with Crippen molar-refractivity contribution in [3.05, 3.63) is 99.6 Å². The molecule has 0 spiro atoms. The summed E-state index contributed by atoms with van der Waals surface area (Å²) in [6.45, 7) is 0. The molecule has 32 heavy (non-hydrogen) atoms. The topological polar surface area (TPSA) is 138 Å². The monoisotopic (exact) mass is 425 g/mol. The second-order valence-corrected chi connectivity index (χ2v) is 6.56. The second kappa shape index (κ2) is 9.21. The molecule has 0 fully saturated rings. The number of carboxylic acids is 3. The van der Waals surface area contributed by atoms with Gasteiger partial charge in [-0.05, 0) is 60.7 Å². The smallest absolute Gasteiger partial charge is 0.335 e. The summed E-state index contributed by atoms with van der Waals surface area (Å²) in [5.41, 5.74) is 8.13. The van der Waals surface area contributed by atoms with Crippen molar-refractivity contribution in [3.63, 3.8) is 0 Å². The zero-order chi connectivity index (χ0) is 23.3. The van der Waals surface area contributed by atoms with Crippen molar-refractivity contribution in [2.24, 2.45) is 0 Å². The minimum atomic E-state index is -1.17. The van der Waals surface area contributed by atoms with Crippen LogP contribution in [-0.2, 0) is 0 Å². The number of aromatic carboxylic acids is 3. The van der Waals surface area contributed by atoms with Crippen LogP contribution in [0.25, 0.3) is 0 Å². The average Bonchev–Trinajstić information content (AvgIpc) is 2.77. The lowest BCUT2D eigenvalue weighted by atomic mass is 10.0. The summed E-state index contributed by atoms with van der Waals surface area (Å²) >= 11 is 0. The van der Waals surface area contributed by atoms with E-state index >= 15 is 0 Å². The van der Waals surface area contributed by atoms with Crippen molar-refractivity contribution in [3.8, 4) is 23.7 Å². The van der Waals surface area contributed by atoms with Crippen LogP contribution in [0, 0.1) is 23.7 Å². The maximum atomic E-state index is 11.5. The molecule has 7 nitrogen and oxygen atoms in total. The molecule has 0 heterocycles. The third-order valence-corrected chi connectivity index (χ3v) is 4.37. The molecule has 0 radical (unpaired) electrons. The summed E-state index contributed by atoms with van der Waals surface area (Å²) in [6.07, 6.45) is 0. The zero-order valence-electron chi connectivity index (χ0n) is 16.4. The number of nitrogen functional groups attached to an aromatic ring is 1. The number of benzene rings is 3. The first-order valence-corrected chi connectivity index (χ1v) is 9.12. The van der Waals surface area contributed by atoms with Crippen LogP contribution in [-0.4, -0.2) is 33.2 Å². The van der Waals surface area contributed by atoms with Crippen molar-refractivity contribution >= 4 is 23.6 Å². The molecule has 0 unspecified atom stereocenters. The fraction of sp³-hybridized carbons (Fsp3) is 0. The number of hydrogen-bond donors (Lipinski definition) is 4. The van der Waals surface area contributed by atoms with E-state index in [9.17, 15) is 19.5 Å². The van der Waals surface area contributed by atoms with Crippen LogP contribution in [0.2, 0.25) is 0 Å². The van der Waals surface area contributed by atoms with Gasteiger partial charge in [0.05, 0.1) is 22.4 Å². The molecule has 0 amide bonds. The van der Waals surface area contributed by atoms with Crippen LogP contribution >= 0.6 is 0 Å². The van der Waals surface area contributed by atoms with E-state index < -0.39 is 17.9 Å². The Morgan fingerprint density at radius 1 is 0.562 bits per heavy atom. The molecule has 0 aliphatic rings.